The molecule has 0 spiro atoms. The van der Waals surface area contributed by atoms with Crippen molar-refractivity contribution < 1.29 is 19.1 Å². The number of halogens is 1. The second-order valence-electron chi connectivity index (χ2n) is 4.81. The number of rotatable bonds is 3. The van der Waals surface area contributed by atoms with Crippen LogP contribution < -0.4 is 10.2 Å². The summed E-state index contributed by atoms with van der Waals surface area (Å²) in [5, 5.41) is 12.0. The Morgan fingerprint density at radius 1 is 1.50 bits per heavy atom. The molecule has 1 saturated heterocycles. The van der Waals surface area contributed by atoms with Gasteiger partial charge < -0.3 is 10.0 Å². The molecule has 1 aromatic carbocycles. The first-order valence-electron chi connectivity index (χ1n) is 6.52. The number of benzene rings is 1. The molecule has 2 atom stereocenters. The van der Waals surface area contributed by atoms with Gasteiger partial charge in [-0.3, -0.25) is 14.9 Å². The number of piperazine rings is 1. The number of carbonyl (C=O) groups excluding carboxylic acids is 2. The Morgan fingerprint density at radius 2 is 2.20 bits per heavy atom. The second kappa shape index (κ2) is 5.58. The molecule has 1 aliphatic rings. The molecule has 2 rings (SSSR count). The van der Waals surface area contributed by atoms with Crippen molar-refractivity contribution in [3.63, 3.8) is 0 Å². The summed E-state index contributed by atoms with van der Waals surface area (Å²) in [4.78, 5) is 25.0. The minimum Gasteiger partial charge on any atom is -0.389 e. The van der Waals surface area contributed by atoms with E-state index in [9.17, 15) is 19.1 Å². The standard InChI is InChI=1S/C14H17FN2O3/c1-3-10-14(20)16-12(19)7-17(10)11-6-4-5-9(15)13(11)8(2)18/h4-6,8,10,18H,3,7H2,1-2H3,(H,16,19,20)/t8-,10?/m1/s1. The van der Waals surface area contributed by atoms with Crippen LogP contribution in [0.25, 0.3) is 0 Å². The molecule has 1 fully saturated rings. The Labute approximate surface area is 116 Å². The van der Waals surface area contributed by atoms with E-state index < -0.39 is 29.8 Å². The lowest BCUT2D eigenvalue weighted by Gasteiger charge is -2.36. The van der Waals surface area contributed by atoms with Crippen molar-refractivity contribution in [2.45, 2.75) is 32.4 Å². The minimum absolute atomic E-state index is 0.0343. The molecular formula is C14H17FN2O3. The molecule has 1 heterocycles. The molecule has 0 saturated carbocycles. The average molecular weight is 280 g/mol. The van der Waals surface area contributed by atoms with Gasteiger partial charge in [-0.1, -0.05) is 13.0 Å². The fourth-order valence-electron chi connectivity index (χ4n) is 2.52. The summed E-state index contributed by atoms with van der Waals surface area (Å²) in [6, 6.07) is 3.81. The second-order valence-corrected chi connectivity index (χ2v) is 4.81. The third-order valence-corrected chi connectivity index (χ3v) is 3.40. The van der Waals surface area contributed by atoms with Crippen molar-refractivity contribution in [1.82, 2.24) is 5.32 Å². The van der Waals surface area contributed by atoms with Crippen LogP contribution >= 0.6 is 0 Å². The lowest BCUT2D eigenvalue weighted by Crippen LogP contribution is -2.58. The maximum Gasteiger partial charge on any atom is 0.249 e. The number of hydrogen-bond donors (Lipinski definition) is 2. The number of aliphatic hydroxyl groups excluding tert-OH is 1. The van der Waals surface area contributed by atoms with Crippen LogP contribution in [0.5, 0.6) is 0 Å². The topological polar surface area (TPSA) is 69.6 Å². The minimum atomic E-state index is -1.02. The van der Waals surface area contributed by atoms with Gasteiger partial charge in [-0.15, -0.1) is 0 Å². The zero-order valence-electron chi connectivity index (χ0n) is 11.4. The van der Waals surface area contributed by atoms with Gasteiger partial charge >= 0.3 is 0 Å². The van der Waals surface area contributed by atoms with Gasteiger partial charge in [0, 0.05) is 11.3 Å². The van der Waals surface area contributed by atoms with E-state index in [2.05, 4.69) is 5.32 Å². The Morgan fingerprint density at radius 3 is 2.80 bits per heavy atom. The Hall–Kier alpha value is -1.95. The summed E-state index contributed by atoms with van der Waals surface area (Å²) in [5.41, 5.74) is 0.489. The molecule has 5 nitrogen and oxygen atoms in total. The van der Waals surface area contributed by atoms with Crippen molar-refractivity contribution in [1.29, 1.82) is 0 Å². The highest BCUT2D eigenvalue weighted by Gasteiger charge is 2.34. The molecule has 1 aliphatic heterocycles. The van der Waals surface area contributed by atoms with Crippen molar-refractivity contribution >= 4 is 17.5 Å². The van der Waals surface area contributed by atoms with Crippen LogP contribution in [0.4, 0.5) is 10.1 Å². The number of nitrogens with zero attached hydrogens (tertiary/aromatic N) is 1. The first-order chi connectivity index (χ1) is 9.45. The first kappa shape index (κ1) is 14.5. The zero-order valence-corrected chi connectivity index (χ0v) is 11.4. The molecule has 6 heteroatoms. The third kappa shape index (κ3) is 2.51. The van der Waals surface area contributed by atoms with Crippen LogP contribution in [-0.2, 0) is 9.59 Å². The number of carbonyl (C=O) groups is 2. The highest BCUT2D eigenvalue weighted by Crippen LogP contribution is 2.31. The van der Waals surface area contributed by atoms with Crippen molar-refractivity contribution in [3.8, 4) is 0 Å². The summed E-state index contributed by atoms with van der Waals surface area (Å²) in [6.45, 7) is 3.23. The highest BCUT2D eigenvalue weighted by molar-refractivity contribution is 6.04. The third-order valence-electron chi connectivity index (χ3n) is 3.40. The number of imide groups is 1. The maximum absolute atomic E-state index is 13.9. The molecule has 0 radical (unpaired) electrons. The Kier molecular flexibility index (Phi) is 4.04. The molecule has 108 valence electrons. The van der Waals surface area contributed by atoms with Gasteiger partial charge in [0.05, 0.1) is 12.6 Å². The zero-order chi connectivity index (χ0) is 14.9. The van der Waals surface area contributed by atoms with Gasteiger partial charge in [0.2, 0.25) is 11.8 Å². The summed E-state index contributed by atoms with van der Waals surface area (Å²) in [5.74, 6) is -1.38. The highest BCUT2D eigenvalue weighted by atomic mass is 19.1. The lowest BCUT2D eigenvalue weighted by molar-refractivity contribution is -0.132. The predicted molar refractivity (Wildman–Crippen MR) is 71.6 cm³/mol. The smallest absolute Gasteiger partial charge is 0.249 e. The van der Waals surface area contributed by atoms with Gasteiger partial charge in [-0.05, 0) is 25.5 Å². The monoisotopic (exact) mass is 280 g/mol. The molecule has 0 aliphatic carbocycles. The SMILES string of the molecule is CCC1C(=O)NC(=O)CN1c1cccc(F)c1[C@@H](C)O. The molecule has 1 unspecified atom stereocenters. The van der Waals surface area contributed by atoms with Crippen molar-refractivity contribution in [2.24, 2.45) is 0 Å². The van der Waals surface area contributed by atoms with Crippen LogP contribution in [0.1, 0.15) is 31.9 Å². The summed E-state index contributed by atoms with van der Waals surface area (Å²) in [6.07, 6.45) is -0.543. The van der Waals surface area contributed by atoms with E-state index in [0.29, 0.717) is 12.1 Å². The molecule has 1 aromatic rings. The largest absolute Gasteiger partial charge is 0.389 e. The molecule has 2 N–H and O–H groups in total. The van der Waals surface area contributed by atoms with Crippen molar-refractivity contribution in [3.05, 3.63) is 29.6 Å². The van der Waals surface area contributed by atoms with Gasteiger partial charge in [0.25, 0.3) is 0 Å². The normalized spacial score (nSPS) is 20.8. The molecule has 0 aromatic heterocycles. The maximum atomic E-state index is 13.9. The van der Waals surface area contributed by atoms with E-state index in [-0.39, 0.29) is 12.1 Å². The van der Waals surface area contributed by atoms with E-state index in [4.69, 9.17) is 0 Å². The predicted octanol–water partition coefficient (Wildman–Crippen LogP) is 1.12. The summed E-state index contributed by atoms with van der Waals surface area (Å²) >= 11 is 0. The number of aliphatic hydroxyl groups is 1. The molecule has 20 heavy (non-hydrogen) atoms. The first-order valence-corrected chi connectivity index (χ1v) is 6.52. The quantitative estimate of drug-likeness (QED) is 0.814. The lowest BCUT2D eigenvalue weighted by atomic mass is 10.0. The van der Waals surface area contributed by atoms with Crippen molar-refractivity contribution in [2.75, 3.05) is 11.4 Å². The summed E-state index contributed by atoms with van der Waals surface area (Å²) < 4.78 is 13.9. The average Bonchev–Trinajstić information content (AvgIpc) is 2.37. The van der Waals surface area contributed by atoms with Crippen LogP contribution in [0.3, 0.4) is 0 Å². The van der Waals surface area contributed by atoms with Gasteiger partial charge in [0.15, 0.2) is 0 Å². The number of anilines is 1. The fraction of sp³-hybridized carbons (Fsp3) is 0.429. The fourth-order valence-corrected chi connectivity index (χ4v) is 2.52. The Balaban J connectivity index is 2.50. The number of hydrogen-bond acceptors (Lipinski definition) is 4. The molecular weight excluding hydrogens is 263 g/mol. The van der Waals surface area contributed by atoms with Crippen LogP contribution in [0, 0.1) is 5.82 Å². The van der Waals surface area contributed by atoms with Crippen LogP contribution in [0.15, 0.2) is 18.2 Å². The molecule has 2 amide bonds. The van der Waals surface area contributed by atoms with Crippen LogP contribution in [-0.4, -0.2) is 29.5 Å². The summed E-state index contributed by atoms with van der Waals surface area (Å²) in [7, 11) is 0. The number of nitrogens with one attached hydrogen (secondary N) is 1. The van der Waals surface area contributed by atoms with Gasteiger partial charge in [-0.2, -0.15) is 0 Å². The van der Waals surface area contributed by atoms with Gasteiger partial charge in [0.1, 0.15) is 11.9 Å². The van der Waals surface area contributed by atoms with Crippen LogP contribution in [0.2, 0.25) is 0 Å². The van der Waals surface area contributed by atoms with Gasteiger partial charge in [-0.25, -0.2) is 4.39 Å². The van der Waals surface area contributed by atoms with E-state index >= 15 is 0 Å². The number of amides is 2. The molecule has 0 bridgehead atoms. The van der Waals surface area contributed by atoms with E-state index in [1.807, 2.05) is 6.92 Å². The van der Waals surface area contributed by atoms with E-state index in [0.717, 1.165) is 0 Å². The Bertz CT molecular complexity index is 545. The van der Waals surface area contributed by atoms with E-state index in [1.54, 1.807) is 11.0 Å². The van der Waals surface area contributed by atoms with E-state index in [1.165, 1.54) is 19.1 Å².